The van der Waals surface area contributed by atoms with Gasteiger partial charge in [-0.25, -0.2) is 4.79 Å². The van der Waals surface area contributed by atoms with Gasteiger partial charge in [0.1, 0.15) is 6.10 Å². The van der Waals surface area contributed by atoms with Crippen LogP contribution in [-0.2, 0) is 33.3 Å². The summed E-state index contributed by atoms with van der Waals surface area (Å²) in [4.78, 5) is 36.0. The lowest BCUT2D eigenvalue weighted by Crippen LogP contribution is -2.37. The highest BCUT2D eigenvalue weighted by Crippen LogP contribution is 2.33. The quantitative estimate of drug-likeness (QED) is 0.179. The predicted molar refractivity (Wildman–Crippen MR) is 156 cm³/mol. The van der Waals surface area contributed by atoms with E-state index < -0.39 is 24.1 Å². The molecule has 8 heteroatoms. The Morgan fingerprint density at radius 1 is 0.976 bits per heavy atom. The smallest absolute Gasteiger partial charge is 0.330 e. The van der Waals surface area contributed by atoms with E-state index in [1.54, 1.807) is 25.2 Å². The number of methoxy groups -OCH3 is 1. The topological polar surface area (TPSA) is 108 Å². The molecule has 1 N–H and O–H groups in total. The van der Waals surface area contributed by atoms with Gasteiger partial charge in [0, 0.05) is 18.4 Å². The summed E-state index contributed by atoms with van der Waals surface area (Å²) in [5, 5.41) is 8.91. The zero-order chi connectivity index (χ0) is 29.8. The molecule has 8 nitrogen and oxygen atoms in total. The number of carboxylic acid groups (broad SMARTS) is 1. The molecule has 3 aliphatic rings. The van der Waals surface area contributed by atoms with Crippen molar-refractivity contribution in [1.29, 1.82) is 0 Å². The molecule has 226 valence electrons. The van der Waals surface area contributed by atoms with Crippen LogP contribution in [0, 0.1) is 11.8 Å². The largest absolute Gasteiger partial charge is 0.481 e. The maximum atomic E-state index is 13.2. The third-order valence-electron chi connectivity index (χ3n) is 7.74. The van der Waals surface area contributed by atoms with Gasteiger partial charge in [0.25, 0.3) is 0 Å². The normalized spacial score (nSPS) is 34.0. The van der Waals surface area contributed by atoms with Gasteiger partial charge in [0.2, 0.25) is 0 Å². The molecular weight excluding hydrogens is 524 g/mol. The van der Waals surface area contributed by atoms with E-state index in [1.165, 1.54) is 13.2 Å². The lowest BCUT2D eigenvalue weighted by atomic mass is 9.89. The van der Waals surface area contributed by atoms with Crippen molar-refractivity contribution in [3.63, 3.8) is 0 Å². The van der Waals surface area contributed by atoms with Crippen LogP contribution in [0.25, 0.3) is 0 Å². The van der Waals surface area contributed by atoms with Gasteiger partial charge in [-0.05, 0) is 57.4 Å². The first-order valence-corrected chi connectivity index (χ1v) is 14.8. The number of carbonyl (C=O) groups is 3. The molecule has 2 saturated heterocycles. The van der Waals surface area contributed by atoms with Crippen molar-refractivity contribution in [3.05, 3.63) is 59.8 Å². The van der Waals surface area contributed by atoms with Gasteiger partial charge in [-0.1, -0.05) is 61.4 Å². The second-order valence-electron chi connectivity index (χ2n) is 11.6. The Labute approximate surface area is 244 Å². The SMILES string of the molecule is COC(=O)/C=C1\CC2CC(=O)OC(/C=C/C=C\C=C(/C)CC(=O)O)C(C)/C=C/C(C)CC3CCCC(CC(C1)O2)O3. The Bertz CT molecular complexity index is 1050. The number of aliphatic carboxylic acids is 1. The second kappa shape index (κ2) is 16.5. The molecule has 4 bridgehead atoms. The zero-order valence-corrected chi connectivity index (χ0v) is 24.8. The molecular formula is C33H46O8. The summed E-state index contributed by atoms with van der Waals surface area (Å²) >= 11 is 0. The fraction of sp³-hybridized carbons (Fsp3) is 0.606. The summed E-state index contributed by atoms with van der Waals surface area (Å²) in [5.74, 6) is -1.40. The van der Waals surface area contributed by atoms with E-state index in [0.29, 0.717) is 18.8 Å². The van der Waals surface area contributed by atoms with E-state index in [4.69, 9.17) is 24.1 Å². The van der Waals surface area contributed by atoms with Crippen LogP contribution in [-0.4, -0.2) is 60.6 Å². The summed E-state index contributed by atoms with van der Waals surface area (Å²) in [6, 6.07) is 0. The molecule has 0 amide bonds. The molecule has 0 aliphatic carbocycles. The first-order chi connectivity index (χ1) is 19.6. The van der Waals surface area contributed by atoms with E-state index in [0.717, 1.165) is 43.3 Å². The number of esters is 2. The number of ether oxygens (including phenoxy) is 4. The number of rotatable bonds is 6. The molecule has 0 aromatic heterocycles. The Morgan fingerprint density at radius 3 is 2.41 bits per heavy atom. The number of hydrogen-bond acceptors (Lipinski definition) is 7. The van der Waals surface area contributed by atoms with E-state index >= 15 is 0 Å². The molecule has 7 unspecified atom stereocenters. The molecule has 3 aliphatic heterocycles. The number of allylic oxidation sites excluding steroid dienone is 5. The molecule has 2 fully saturated rings. The third kappa shape index (κ3) is 11.8. The van der Waals surface area contributed by atoms with E-state index in [1.807, 2.05) is 19.1 Å². The molecule has 3 heterocycles. The lowest BCUT2D eigenvalue weighted by Gasteiger charge is -2.37. The minimum Gasteiger partial charge on any atom is -0.481 e. The standard InChI is InChI=1S/C33H46O8/c1-22(16-31(34)35)9-6-5-7-12-30-24(3)14-13-23(2)15-26-10-8-11-27(39-26)20-28-17-25(19-32(36)38-4)18-29(40-28)21-33(37)41-30/h5-7,9,12-14,19,23-24,26-30H,8,10-11,15-18,20-21H2,1-4H3,(H,34,35)/b6-5-,12-7+,14-13+,22-9+,25-19-. The summed E-state index contributed by atoms with van der Waals surface area (Å²) in [7, 11) is 1.36. The van der Waals surface area contributed by atoms with Crippen LogP contribution in [0.15, 0.2) is 59.8 Å². The summed E-state index contributed by atoms with van der Waals surface area (Å²) < 4.78 is 23.7. The van der Waals surface area contributed by atoms with Crippen molar-refractivity contribution in [1.82, 2.24) is 0 Å². The van der Waals surface area contributed by atoms with Crippen molar-refractivity contribution >= 4 is 17.9 Å². The van der Waals surface area contributed by atoms with Crippen LogP contribution < -0.4 is 0 Å². The number of carbonyl (C=O) groups excluding carboxylic acids is 2. The third-order valence-corrected chi connectivity index (χ3v) is 7.74. The lowest BCUT2D eigenvalue weighted by molar-refractivity contribution is -0.154. The molecule has 0 spiro atoms. The molecule has 0 radical (unpaired) electrons. The monoisotopic (exact) mass is 570 g/mol. The van der Waals surface area contributed by atoms with Crippen LogP contribution in [0.5, 0.6) is 0 Å². The number of carboxylic acids is 1. The van der Waals surface area contributed by atoms with Crippen molar-refractivity contribution in [2.75, 3.05) is 7.11 Å². The first-order valence-electron chi connectivity index (χ1n) is 14.8. The molecule has 41 heavy (non-hydrogen) atoms. The van der Waals surface area contributed by atoms with E-state index in [-0.39, 0.29) is 43.0 Å². The maximum absolute atomic E-state index is 13.2. The fourth-order valence-electron chi connectivity index (χ4n) is 5.69. The maximum Gasteiger partial charge on any atom is 0.330 e. The average molecular weight is 571 g/mol. The minimum absolute atomic E-state index is 0.0124. The average Bonchev–Trinajstić information content (AvgIpc) is 2.90. The highest BCUT2D eigenvalue weighted by atomic mass is 16.6. The number of hydrogen-bond donors (Lipinski definition) is 1. The predicted octanol–water partition coefficient (Wildman–Crippen LogP) is 6.03. The van der Waals surface area contributed by atoms with Gasteiger partial charge in [-0.3, -0.25) is 9.59 Å². The van der Waals surface area contributed by atoms with E-state index in [9.17, 15) is 14.4 Å². The van der Waals surface area contributed by atoms with Gasteiger partial charge >= 0.3 is 17.9 Å². The van der Waals surface area contributed by atoms with E-state index in [2.05, 4.69) is 19.1 Å². The highest BCUT2D eigenvalue weighted by Gasteiger charge is 2.33. The van der Waals surface area contributed by atoms with Crippen molar-refractivity contribution < 1.29 is 38.4 Å². The fourth-order valence-corrected chi connectivity index (χ4v) is 5.69. The Morgan fingerprint density at radius 2 is 1.68 bits per heavy atom. The van der Waals surface area contributed by atoms with Gasteiger partial charge < -0.3 is 24.1 Å². The van der Waals surface area contributed by atoms with Gasteiger partial charge in [-0.15, -0.1) is 0 Å². The highest BCUT2D eigenvalue weighted by molar-refractivity contribution is 5.82. The first kappa shape index (κ1) is 32.5. The Balaban J connectivity index is 1.81. The van der Waals surface area contributed by atoms with Crippen LogP contribution in [0.3, 0.4) is 0 Å². The zero-order valence-electron chi connectivity index (χ0n) is 24.8. The van der Waals surface area contributed by atoms with Crippen molar-refractivity contribution in [3.8, 4) is 0 Å². The van der Waals surface area contributed by atoms with Crippen LogP contribution in [0.4, 0.5) is 0 Å². The number of cyclic esters (lactones) is 1. The molecule has 0 aromatic rings. The van der Waals surface area contributed by atoms with Crippen LogP contribution >= 0.6 is 0 Å². The Hall–Kier alpha value is -2.97. The summed E-state index contributed by atoms with van der Waals surface area (Å²) in [5.41, 5.74) is 1.65. The van der Waals surface area contributed by atoms with Gasteiger partial charge in [-0.2, -0.15) is 0 Å². The Kier molecular flexibility index (Phi) is 13.1. The van der Waals surface area contributed by atoms with Crippen molar-refractivity contribution in [2.45, 2.75) is 109 Å². The van der Waals surface area contributed by atoms with Crippen LogP contribution in [0.1, 0.15) is 78.6 Å². The minimum atomic E-state index is -0.869. The summed E-state index contributed by atoms with van der Waals surface area (Å²) in [6.45, 7) is 5.97. The van der Waals surface area contributed by atoms with Gasteiger partial charge in [0.15, 0.2) is 0 Å². The van der Waals surface area contributed by atoms with Crippen molar-refractivity contribution in [2.24, 2.45) is 11.8 Å². The molecule has 0 saturated carbocycles. The molecule has 7 atom stereocenters. The van der Waals surface area contributed by atoms with Crippen LogP contribution in [0.2, 0.25) is 0 Å². The molecule has 0 aromatic carbocycles. The second-order valence-corrected chi connectivity index (χ2v) is 11.6. The summed E-state index contributed by atoms with van der Waals surface area (Å²) in [6.07, 6.45) is 20.0. The number of fused-ring (bicyclic) bond motifs is 4. The van der Waals surface area contributed by atoms with Gasteiger partial charge in [0.05, 0.1) is 44.4 Å². The molecule has 3 rings (SSSR count).